The molecule has 0 atom stereocenters. The average molecular weight is 265 g/mol. The number of hydrogen-bond acceptors (Lipinski definition) is 3. The molecule has 19 heavy (non-hydrogen) atoms. The van der Waals surface area contributed by atoms with Crippen LogP contribution in [0.1, 0.15) is 10.4 Å². The maximum Gasteiger partial charge on any atom is 0.341 e. The molecule has 1 aromatic heterocycles. The summed E-state index contributed by atoms with van der Waals surface area (Å²) in [5, 5.41) is 9.00. The first-order valence-electron chi connectivity index (χ1n) is 5.25. The number of aromatic carboxylic acids is 1. The molecule has 0 aliphatic rings. The van der Waals surface area contributed by atoms with E-state index < -0.39 is 17.6 Å². The molecule has 0 fully saturated rings. The van der Waals surface area contributed by atoms with E-state index in [9.17, 15) is 13.6 Å². The smallest absolute Gasteiger partial charge is 0.341 e. The first-order valence-corrected chi connectivity index (χ1v) is 5.25. The van der Waals surface area contributed by atoms with Crippen LogP contribution in [0.15, 0.2) is 30.5 Å². The van der Waals surface area contributed by atoms with Crippen LogP contribution < -0.4 is 4.74 Å². The highest BCUT2D eigenvalue weighted by Crippen LogP contribution is 2.27. The van der Waals surface area contributed by atoms with Crippen molar-refractivity contribution in [3.63, 3.8) is 0 Å². The summed E-state index contributed by atoms with van der Waals surface area (Å²) >= 11 is 0. The quantitative estimate of drug-likeness (QED) is 0.927. The van der Waals surface area contributed by atoms with Crippen LogP contribution >= 0.6 is 0 Å². The number of pyridine rings is 1. The normalized spacial score (nSPS) is 10.3. The fourth-order valence-electron chi connectivity index (χ4n) is 1.63. The van der Waals surface area contributed by atoms with Gasteiger partial charge >= 0.3 is 5.97 Å². The van der Waals surface area contributed by atoms with Crippen LogP contribution in [-0.4, -0.2) is 23.2 Å². The van der Waals surface area contributed by atoms with Gasteiger partial charge in [-0.15, -0.1) is 0 Å². The van der Waals surface area contributed by atoms with Crippen molar-refractivity contribution in [2.75, 3.05) is 7.11 Å². The Morgan fingerprint density at radius 3 is 2.68 bits per heavy atom. The minimum absolute atomic E-state index is 0.0577. The molecule has 0 bridgehead atoms. The number of hydrogen-bond donors (Lipinski definition) is 1. The molecular formula is C13H9F2NO3. The van der Waals surface area contributed by atoms with Crippen molar-refractivity contribution in [1.82, 2.24) is 4.98 Å². The molecular weight excluding hydrogens is 256 g/mol. The van der Waals surface area contributed by atoms with Gasteiger partial charge in [0, 0.05) is 17.3 Å². The lowest BCUT2D eigenvalue weighted by Gasteiger charge is -2.07. The molecule has 4 nitrogen and oxygen atoms in total. The van der Waals surface area contributed by atoms with Crippen molar-refractivity contribution in [3.8, 4) is 17.0 Å². The minimum Gasteiger partial charge on any atom is -0.480 e. The Labute approximate surface area is 107 Å². The van der Waals surface area contributed by atoms with E-state index >= 15 is 0 Å². The predicted octanol–water partition coefficient (Wildman–Crippen LogP) is 2.73. The second-order valence-electron chi connectivity index (χ2n) is 3.71. The van der Waals surface area contributed by atoms with Gasteiger partial charge in [0.05, 0.1) is 7.11 Å². The Kier molecular flexibility index (Phi) is 3.41. The standard InChI is InChI=1S/C13H9F2NO3/c1-19-12-10(13(17)18)4-7(6-16-12)9-5-8(14)2-3-11(9)15/h2-6H,1H3,(H,17,18). The van der Waals surface area contributed by atoms with Gasteiger partial charge in [0.1, 0.15) is 17.2 Å². The van der Waals surface area contributed by atoms with E-state index in [1.54, 1.807) is 0 Å². The third kappa shape index (κ3) is 2.52. The second kappa shape index (κ2) is 5.01. The molecule has 98 valence electrons. The summed E-state index contributed by atoms with van der Waals surface area (Å²) in [7, 11) is 1.28. The first kappa shape index (κ1) is 12.9. The van der Waals surface area contributed by atoms with Crippen molar-refractivity contribution in [3.05, 3.63) is 47.7 Å². The molecule has 0 aliphatic carbocycles. The molecule has 1 heterocycles. The van der Waals surface area contributed by atoms with Crippen LogP contribution in [0.5, 0.6) is 5.88 Å². The number of ether oxygens (including phenoxy) is 1. The summed E-state index contributed by atoms with van der Waals surface area (Å²) in [5.41, 5.74) is -0.114. The topological polar surface area (TPSA) is 59.4 Å². The lowest BCUT2D eigenvalue weighted by atomic mass is 10.0. The Hall–Kier alpha value is -2.50. The van der Waals surface area contributed by atoms with E-state index in [4.69, 9.17) is 9.84 Å². The number of carboxylic acids is 1. The number of aromatic nitrogens is 1. The molecule has 2 rings (SSSR count). The van der Waals surface area contributed by atoms with Gasteiger partial charge in [0.25, 0.3) is 0 Å². The Morgan fingerprint density at radius 2 is 2.05 bits per heavy atom. The van der Waals surface area contributed by atoms with Crippen LogP contribution in [0.25, 0.3) is 11.1 Å². The van der Waals surface area contributed by atoms with Gasteiger partial charge in [0.2, 0.25) is 5.88 Å². The zero-order chi connectivity index (χ0) is 14.0. The van der Waals surface area contributed by atoms with Gasteiger partial charge in [-0.2, -0.15) is 0 Å². The number of nitrogens with zero attached hydrogens (tertiary/aromatic N) is 1. The van der Waals surface area contributed by atoms with Crippen LogP contribution in [0.4, 0.5) is 8.78 Å². The summed E-state index contributed by atoms with van der Waals surface area (Å²) < 4.78 is 31.5. The van der Waals surface area contributed by atoms with Gasteiger partial charge in [-0.3, -0.25) is 0 Å². The fraction of sp³-hybridized carbons (Fsp3) is 0.0769. The molecule has 1 N–H and O–H groups in total. The van der Waals surface area contributed by atoms with Gasteiger partial charge in [-0.25, -0.2) is 18.6 Å². The van der Waals surface area contributed by atoms with Crippen LogP contribution in [-0.2, 0) is 0 Å². The van der Waals surface area contributed by atoms with Crippen LogP contribution in [0.3, 0.4) is 0 Å². The molecule has 0 unspecified atom stereocenters. The predicted molar refractivity (Wildman–Crippen MR) is 63.1 cm³/mol. The van der Waals surface area contributed by atoms with E-state index in [1.807, 2.05) is 0 Å². The monoisotopic (exact) mass is 265 g/mol. The lowest BCUT2D eigenvalue weighted by Crippen LogP contribution is -2.03. The summed E-state index contributed by atoms with van der Waals surface area (Å²) in [5.74, 6) is -2.63. The number of halogens is 2. The first-order chi connectivity index (χ1) is 9.02. The van der Waals surface area contributed by atoms with Gasteiger partial charge in [-0.1, -0.05) is 0 Å². The molecule has 0 amide bonds. The zero-order valence-electron chi connectivity index (χ0n) is 9.85. The molecule has 1 aromatic carbocycles. The Morgan fingerprint density at radius 1 is 1.32 bits per heavy atom. The highest BCUT2D eigenvalue weighted by Gasteiger charge is 2.15. The van der Waals surface area contributed by atoms with Crippen molar-refractivity contribution < 1.29 is 23.4 Å². The van der Waals surface area contributed by atoms with Crippen molar-refractivity contribution in [2.24, 2.45) is 0 Å². The SMILES string of the molecule is COc1ncc(-c2cc(F)ccc2F)cc1C(=O)O. The average Bonchev–Trinajstić information content (AvgIpc) is 2.40. The summed E-state index contributed by atoms with van der Waals surface area (Å²) in [4.78, 5) is 14.8. The highest BCUT2D eigenvalue weighted by atomic mass is 19.1. The highest BCUT2D eigenvalue weighted by molar-refractivity contribution is 5.91. The van der Waals surface area contributed by atoms with Crippen LogP contribution in [0.2, 0.25) is 0 Å². The van der Waals surface area contributed by atoms with Crippen molar-refractivity contribution >= 4 is 5.97 Å². The molecule has 0 aliphatic heterocycles. The van der Waals surface area contributed by atoms with Gasteiger partial charge in [-0.05, 0) is 24.3 Å². The maximum atomic E-state index is 13.6. The van der Waals surface area contributed by atoms with Crippen molar-refractivity contribution in [2.45, 2.75) is 0 Å². The van der Waals surface area contributed by atoms with E-state index in [1.165, 1.54) is 19.4 Å². The summed E-state index contributed by atoms with van der Waals surface area (Å²) in [6.45, 7) is 0. The Bertz CT molecular complexity index is 644. The molecule has 0 spiro atoms. The van der Waals surface area contributed by atoms with E-state index in [2.05, 4.69) is 4.98 Å². The summed E-state index contributed by atoms with van der Waals surface area (Å²) in [6.07, 6.45) is 1.23. The largest absolute Gasteiger partial charge is 0.480 e. The second-order valence-corrected chi connectivity index (χ2v) is 3.71. The van der Waals surface area contributed by atoms with E-state index in [0.717, 1.165) is 18.2 Å². The molecule has 2 aromatic rings. The minimum atomic E-state index is -1.26. The van der Waals surface area contributed by atoms with E-state index in [-0.39, 0.29) is 22.6 Å². The lowest BCUT2D eigenvalue weighted by molar-refractivity contribution is 0.0692. The fourth-order valence-corrected chi connectivity index (χ4v) is 1.63. The zero-order valence-corrected chi connectivity index (χ0v) is 9.85. The van der Waals surface area contributed by atoms with E-state index in [0.29, 0.717) is 0 Å². The number of rotatable bonds is 3. The van der Waals surface area contributed by atoms with Gasteiger partial charge in [0.15, 0.2) is 0 Å². The molecule has 0 saturated carbocycles. The van der Waals surface area contributed by atoms with Gasteiger partial charge < -0.3 is 9.84 Å². The molecule has 0 saturated heterocycles. The van der Waals surface area contributed by atoms with Crippen molar-refractivity contribution in [1.29, 1.82) is 0 Å². The number of carbonyl (C=O) groups is 1. The summed E-state index contributed by atoms with van der Waals surface area (Å²) in [6, 6.07) is 4.11. The third-order valence-corrected chi connectivity index (χ3v) is 2.51. The Balaban J connectivity index is 2.60. The molecule has 6 heteroatoms. The molecule has 0 radical (unpaired) electrons. The number of methoxy groups -OCH3 is 1. The number of carboxylic acid groups (broad SMARTS) is 1. The number of benzene rings is 1. The third-order valence-electron chi connectivity index (χ3n) is 2.51. The van der Waals surface area contributed by atoms with Crippen LogP contribution in [0, 0.1) is 11.6 Å². The maximum absolute atomic E-state index is 13.6.